The minimum atomic E-state index is -0.659. The molecule has 0 aliphatic rings. The Bertz CT molecular complexity index is 4420. The predicted molar refractivity (Wildman–Crippen MR) is 410 cm³/mol. The SMILES string of the molecule is C.C=C(C)C(=O)Oc1cc[c-]c(-c2ccccn2)c1.C=C(C)C(=O)Oc1cc[c-]c(-c2ccccn2)c1.C=C(C)C(=O)Oc1cc[c-]c(-c2ccccn2)c1.CC(=N)C(=O)Oc1cc[c-]c(-c2ccccn2)c1.CCC(=O)Oc1cc[c-]c(-c2ccccn2)c1.CCC(=O)Oc1cc[c-]c(-c2ccccn2)c1.[Ir+3].[Ir+3]. The van der Waals surface area contributed by atoms with Crippen LogP contribution >= 0.6 is 0 Å². The van der Waals surface area contributed by atoms with Crippen molar-refractivity contribution in [2.75, 3.05) is 0 Å². The minimum Gasteiger partial charge on any atom is -0.447 e. The van der Waals surface area contributed by atoms with Crippen LogP contribution in [0.4, 0.5) is 0 Å². The van der Waals surface area contributed by atoms with Crippen LogP contribution in [-0.4, -0.2) is 71.4 Å². The molecular formula is C88H75Ir2N7O12. The quantitative estimate of drug-likeness (QED) is 0.0275. The van der Waals surface area contributed by atoms with Gasteiger partial charge < -0.3 is 58.3 Å². The number of hydrogen-bond donors (Lipinski definition) is 1. The summed E-state index contributed by atoms with van der Waals surface area (Å²) < 4.78 is 30.8. The van der Waals surface area contributed by atoms with Gasteiger partial charge in [-0.15, -0.1) is 179 Å². The fourth-order valence-corrected chi connectivity index (χ4v) is 8.25. The smallest absolute Gasteiger partial charge is 0.447 e. The standard InChI is InChI=1S/3C15H12NO2.C14H11N2O2.2C14H12NO2.CH4.2Ir/c3*1-11(2)15(17)18-13-7-5-6-12(10-13)14-8-3-4-9-16-14;1-10(15)14(17)18-12-6-4-5-11(9-12)13-7-2-3-8-16-13;2*1-2-14(16)17-12-7-5-6-11(10-12)13-8-3-4-9-15-13;;;/h3*3-5,7-10H,1H2,2H3;2-4,6-9,15H,1H3;2*3-5,7-10H,2H2,1H3;1H4;;/q6*-1;;2*+3. The molecule has 0 saturated carbocycles. The number of pyridine rings is 6. The van der Waals surface area contributed by atoms with E-state index in [0.29, 0.717) is 64.1 Å². The van der Waals surface area contributed by atoms with E-state index in [4.69, 9.17) is 33.8 Å². The van der Waals surface area contributed by atoms with Gasteiger partial charge >= 0.3 is 76.0 Å². The molecule has 0 amide bonds. The molecule has 0 unspecified atom stereocenters. The van der Waals surface area contributed by atoms with Crippen LogP contribution in [0.2, 0.25) is 0 Å². The van der Waals surface area contributed by atoms with Gasteiger partial charge in [0.2, 0.25) is 0 Å². The van der Waals surface area contributed by atoms with Gasteiger partial charge in [-0.2, -0.15) is 0 Å². The molecule has 12 aromatic rings. The van der Waals surface area contributed by atoms with Crippen molar-refractivity contribution in [2.24, 2.45) is 0 Å². The van der Waals surface area contributed by atoms with Gasteiger partial charge in [-0.25, -0.2) is 19.2 Å². The maximum Gasteiger partial charge on any atom is 3.00 e. The maximum absolute atomic E-state index is 11.4. The molecule has 6 aromatic heterocycles. The molecule has 0 saturated heterocycles. The fourth-order valence-electron chi connectivity index (χ4n) is 8.25. The Balaban J connectivity index is 0.000000275. The molecule has 0 radical (unpaired) electrons. The average Bonchev–Trinajstić information content (AvgIpc) is 0.883. The molecule has 0 aliphatic carbocycles. The van der Waals surface area contributed by atoms with Crippen LogP contribution in [0.15, 0.2) is 292 Å². The molecule has 0 spiro atoms. The predicted octanol–water partition coefficient (Wildman–Crippen LogP) is 17.9. The van der Waals surface area contributed by atoms with Gasteiger partial charge in [0.05, 0.1) is 34.5 Å². The Morgan fingerprint density at radius 3 is 0.651 bits per heavy atom. The molecule has 0 aliphatic heterocycles. The van der Waals surface area contributed by atoms with Crippen molar-refractivity contribution in [2.45, 2.75) is 61.8 Å². The van der Waals surface area contributed by atoms with E-state index in [2.05, 4.69) is 86.0 Å². The Morgan fingerprint density at radius 2 is 0.495 bits per heavy atom. The normalized spacial score (nSPS) is 9.60. The summed E-state index contributed by atoms with van der Waals surface area (Å²) >= 11 is 0. The number of esters is 6. The second kappa shape index (κ2) is 47.6. The summed E-state index contributed by atoms with van der Waals surface area (Å²) in [4.78, 5) is 93.2. The summed E-state index contributed by atoms with van der Waals surface area (Å²) in [5.74, 6) is 0.347. The van der Waals surface area contributed by atoms with E-state index in [1.54, 1.807) is 181 Å². The fraction of sp³-hybridized carbons (Fsp3) is 0.102. The van der Waals surface area contributed by atoms with Crippen LogP contribution in [-0.2, 0) is 69.0 Å². The number of hydrogen-bond acceptors (Lipinski definition) is 19. The van der Waals surface area contributed by atoms with Crippen molar-refractivity contribution in [1.82, 2.24) is 29.9 Å². The van der Waals surface area contributed by atoms with Crippen molar-refractivity contribution in [3.05, 3.63) is 328 Å². The van der Waals surface area contributed by atoms with Crippen LogP contribution in [0.3, 0.4) is 0 Å². The van der Waals surface area contributed by atoms with E-state index in [1.807, 2.05) is 109 Å². The van der Waals surface area contributed by atoms with E-state index in [1.165, 1.54) is 6.92 Å². The zero-order chi connectivity index (χ0) is 76.0. The molecule has 0 atom stereocenters. The minimum absolute atomic E-state index is 0. The van der Waals surface area contributed by atoms with Gasteiger partial charge in [-0.3, -0.25) is 15.0 Å². The monoisotopic (exact) mass is 1810 g/mol. The molecule has 21 heteroatoms. The molecule has 0 fully saturated rings. The molecular weight excluding hydrogens is 1730 g/mol. The molecule has 109 heavy (non-hydrogen) atoms. The molecule has 19 nitrogen and oxygen atoms in total. The third-order valence-corrected chi connectivity index (χ3v) is 13.5. The van der Waals surface area contributed by atoms with E-state index in [-0.39, 0.29) is 65.3 Å². The topological polar surface area (TPSA) is 259 Å². The van der Waals surface area contributed by atoms with Crippen molar-refractivity contribution in [3.8, 4) is 102 Å². The molecule has 552 valence electrons. The first-order valence-corrected chi connectivity index (χ1v) is 32.7. The zero-order valence-corrected chi connectivity index (χ0v) is 64.3. The van der Waals surface area contributed by atoms with Crippen LogP contribution in [0.1, 0.15) is 61.8 Å². The van der Waals surface area contributed by atoms with E-state index in [0.717, 1.165) is 67.5 Å². The molecule has 6 heterocycles. The van der Waals surface area contributed by atoms with Crippen LogP contribution < -0.4 is 28.4 Å². The number of nitrogens with one attached hydrogen (secondary N) is 1. The van der Waals surface area contributed by atoms with Gasteiger partial charge in [-0.1, -0.05) is 114 Å². The van der Waals surface area contributed by atoms with E-state index >= 15 is 0 Å². The number of carbonyl (C=O) groups is 6. The first kappa shape index (κ1) is 88.6. The summed E-state index contributed by atoms with van der Waals surface area (Å²) in [6.45, 7) is 20.3. The number of rotatable bonds is 18. The van der Waals surface area contributed by atoms with Crippen LogP contribution in [0, 0.1) is 41.8 Å². The first-order valence-electron chi connectivity index (χ1n) is 32.7. The Kier molecular flexibility index (Phi) is 38.7. The van der Waals surface area contributed by atoms with E-state index in [9.17, 15) is 28.8 Å². The van der Waals surface area contributed by atoms with Gasteiger partial charge in [0.25, 0.3) is 0 Å². The third kappa shape index (κ3) is 31.1. The zero-order valence-electron chi connectivity index (χ0n) is 59.5. The van der Waals surface area contributed by atoms with Gasteiger partial charge in [0, 0.05) is 66.7 Å². The molecule has 6 aromatic carbocycles. The Hall–Kier alpha value is -12.8. The summed E-state index contributed by atoms with van der Waals surface area (Å²) in [5.41, 5.74) is 10.4. The summed E-state index contributed by atoms with van der Waals surface area (Å²) in [6, 6.07) is 82.6. The second-order valence-electron chi connectivity index (χ2n) is 22.1. The van der Waals surface area contributed by atoms with Crippen LogP contribution in [0.25, 0.3) is 67.5 Å². The van der Waals surface area contributed by atoms with Crippen molar-refractivity contribution >= 4 is 41.5 Å². The molecule has 0 bridgehead atoms. The molecule has 1 N–H and O–H groups in total. The maximum atomic E-state index is 11.4. The summed E-state index contributed by atoms with van der Waals surface area (Å²) in [5, 5.41) is 7.17. The third-order valence-electron chi connectivity index (χ3n) is 13.5. The van der Waals surface area contributed by atoms with E-state index < -0.39 is 23.9 Å². The van der Waals surface area contributed by atoms with Gasteiger partial charge in [-0.05, 0) is 98.3 Å². The Morgan fingerprint density at radius 1 is 0.312 bits per heavy atom. The average molecular weight is 1810 g/mol. The summed E-state index contributed by atoms with van der Waals surface area (Å²) in [6.07, 6.45) is 10.9. The summed E-state index contributed by atoms with van der Waals surface area (Å²) in [7, 11) is 0. The Labute approximate surface area is 662 Å². The molecule has 12 rings (SSSR count). The van der Waals surface area contributed by atoms with Crippen molar-refractivity contribution < 1.29 is 97.4 Å². The first-order chi connectivity index (χ1) is 51.2. The van der Waals surface area contributed by atoms with Gasteiger partial charge in [0.1, 0.15) is 5.71 Å². The van der Waals surface area contributed by atoms with Crippen molar-refractivity contribution in [1.29, 1.82) is 5.41 Å². The number of aromatic nitrogens is 6. The number of ether oxygens (including phenoxy) is 6. The second-order valence-corrected chi connectivity index (χ2v) is 22.1. The van der Waals surface area contributed by atoms with Gasteiger partial charge in [0.15, 0.2) is 0 Å². The van der Waals surface area contributed by atoms with Crippen LogP contribution in [0.5, 0.6) is 34.5 Å². The van der Waals surface area contributed by atoms with Crippen molar-refractivity contribution in [3.63, 3.8) is 0 Å². The number of carbonyl (C=O) groups excluding carboxylic acids is 6. The number of benzene rings is 6. The largest absolute Gasteiger partial charge is 3.00 e. The number of nitrogens with zero attached hydrogens (tertiary/aromatic N) is 6.